The highest BCUT2D eigenvalue weighted by molar-refractivity contribution is 5.98. The third-order valence-electron chi connectivity index (χ3n) is 3.71. The van der Waals surface area contributed by atoms with Gasteiger partial charge in [-0.2, -0.15) is 0 Å². The van der Waals surface area contributed by atoms with E-state index >= 15 is 0 Å². The summed E-state index contributed by atoms with van der Waals surface area (Å²) >= 11 is 0. The molecule has 0 spiro atoms. The van der Waals surface area contributed by atoms with Crippen molar-refractivity contribution in [3.63, 3.8) is 0 Å². The quantitative estimate of drug-likeness (QED) is 0.804. The first-order valence-corrected chi connectivity index (χ1v) is 8.16. The van der Waals surface area contributed by atoms with E-state index in [1.807, 2.05) is 32.0 Å². The summed E-state index contributed by atoms with van der Waals surface area (Å²) in [5.74, 6) is 1.18. The van der Waals surface area contributed by atoms with Crippen molar-refractivity contribution >= 4 is 11.8 Å². The fourth-order valence-corrected chi connectivity index (χ4v) is 2.71. The molecule has 1 aromatic carbocycles. The number of benzene rings is 1. The van der Waals surface area contributed by atoms with Gasteiger partial charge in [-0.1, -0.05) is 13.0 Å². The normalized spacial score (nSPS) is 17.2. The van der Waals surface area contributed by atoms with E-state index in [-0.39, 0.29) is 11.8 Å². The molecule has 1 aliphatic rings. The number of hydrogen-bond donors (Lipinski definition) is 2. The molecule has 0 fully saturated rings. The molecule has 0 saturated carbocycles. The third kappa shape index (κ3) is 3.88. The van der Waals surface area contributed by atoms with E-state index in [4.69, 9.17) is 9.47 Å². The molecule has 6 heteroatoms. The van der Waals surface area contributed by atoms with Crippen molar-refractivity contribution in [1.29, 1.82) is 0 Å². The van der Waals surface area contributed by atoms with Gasteiger partial charge in [0.25, 0.3) is 0 Å². The second-order valence-electron chi connectivity index (χ2n) is 5.61. The molecule has 0 saturated heterocycles. The molecule has 1 heterocycles. The minimum atomic E-state index is -0.504. The number of urea groups is 1. The summed E-state index contributed by atoms with van der Waals surface area (Å²) in [6, 6.07) is 4.65. The number of amides is 2. The van der Waals surface area contributed by atoms with Crippen LogP contribution in [0.4, 0.5) is 4.79 Å². The van der Waals surface area contributed by atoms with Crippen LogP contribution in [0.2, 0.25) is 0 Å². The van der Waals surface area contributed by atoms with Crippen molar-refractivity contribution in [2.45, 2.75) is 40.2 Å². The van der Waals surface area contributed by atoms with Crippen molar-refractivity contribution < 1.29 is 19.1 Å². The Balaban J connectivity index is 2.42. The number of carbonyl (C=O) groups is 2. The number of allylic oxidation sites excluding steroid dienone is 1. The summed E-state index contributed by atoms with van der Waals surface area (Å²) in [5, 5.41) is 5.44. The van der Waals surface area contributed by atoms with Crippen LogP contribution in [0.25, 0.3) is 0 Å². The van der Waals surface area contributed by atoms with Gasteiger partial charge in [-0.15, -0.1) is 0 Å². The highest BCUT2D eigenvalue weighted by Gasteiger charge is 2.29. The van der Waals surface area contributed by atoms with Gasteiger partial charge < -0.3 is 20.1 Å². The van der Waals surface area contributed by atoms with Crippen LogP contribution >= 0.6 is 0 Å². The second-order valence-corrected chi connectivity index (χ2v) is 5.61. The number of rotatable bonds is 7. The summed E-state index contributed by atoms with van der Waals surface area (Å²) in [5.41, 5.74) is 1.89. The van der Waals surface area contributed by atoms with E-state index in [0.717, 1.165) is 12.0 Å². The molecule has 1 aromatic rings. The maximum Gasteiger partial charge on any atom is 0.319 e. The van der Waals surface area contributed by atoms with Gasteiger partial charge in [-0.05, 0) is 44.9 Å². The Bertz CT molecular complexity index is 667. The van der Waals surface area contributed by atoms with Crippen LogP contribution in [0.15, 0.2) is 29.5 Å². The van der Waals surface area contributed by atoms with Gasteiger partial charge in [0.05, 0.1) is 19.3 Å². The van der Waals surface area contributed by atoms with Crippen LogP contribution in [0.1, 0.15) is 45.7 Å². The van der Waals surface area contributed by atoms with Crippen LogP contribution < -0.4 is 20.1 Å². The molecule has 0 radical (unpaired) electrons. The molecular formula is C18H24N2O4. The summed E-state index contributed by atoms with van der Waals surface area (Å²) in [7, 11) is 0. The summed E-state index contributed by atoms with van der Waals surface area (Å²) in [6.45, 7) is 8.25. The highest BCUT2D eigenvalue weighted by Crippen LogP contribution is 2.34. The average Bonchev–Trinajstić information content (AvgIpc) is 2.52. The first kappa shape index (κ1) is 17.8. The van der Waals surface area contributed by atoms with Crippen LogP contribution in [0.5, 0.6) is 11.5 Å². The fourth-order valence-electron chi connectivity index (χ4n) is 2.71. The standard InChI is InChI=1S/C18H24N2O4/c1-5-9-24-14-8-7-13(10-15(14)23-6-2)17-16(12(4)21)11(3)19-18(22)20-17/h7-8,10,17H,5-6,9H2,1-4H3,(H2,19,20,22). The van der Waals surface area contributed by atoms with Crippen LogP contribution in [0.3, 0.4) is 0 Å². The molecule has 0 bridgehead atoms. The Morgan fingerprint density at radius 3 is 2.58 bits per heavy atom. The highest BCUT2D eigenvalue weighted by atomic mass is 16.5. The predicted molar refractivity (Wildman–Crippen MR) is 91.2 cm³/mol. The topological polar surface area (TPSA) is 76.7 Å². The Kier molecular flexibility index (Phi) is 5.84. The maximum absolute atomic E-state index is 12.0. The van der Waals surface area contributed by atoms with Gasteiger partial charge >= 0.3 is 6.03 Å². The van der Waals surface area contributed by atoms with Gasteiger partial charge in [0.15, 0.2) is 17.3 Å². The summed E-state index contributed by atoms with van der Waals surface area (Å²) < 4.78 is 11.4. The lowest BCUT2D eigenvalue weighted by molar-refractivity contribution is -0.114. The van der Waals surface area contributed by atoms with Crippen molar-refractivity contribution in [3.05, 3.63) is 35.0 Å². The lowest BCUT2D eigenvalue weighted by Crippen LogP contribution is -2.44. The lowest BCUT2D eigenvalue weighted by atomic mass is 9.93. The van der Waals surface area contributed by atoms with E-state index in [9.17, 15) is 9.59 Å². The first-order chi connectivity index (χ1) is 11.5. The van der Waals surface area contributed by atoms with Crippen molar-refractivity contribution in [3.8, 4) is 11.5 Å². The molecule has 0 aliphatic carbocycles. The fraction of sp³-hybridized carbons (Fsp3) is 0.444. The lowest BCUT2D eigenvalue weighted by Gasteiger charge is -2.28. The number of Topliss-reactive ketones (excluding diaryl/α,β-unsaturated/α-hetero) is 1. The number of ketones is 1. The molecular weight excluding hydrogens is 308 g/mol. The number of carbonyl (C=O) groups excluding carboxylic acids is 2. The van der Waals surface area contributed by atoms with Crippen LogP contribution in [-0.2, 0) is 4.79 Å². The molecule has 2 amide bonds. The van der Waals surface area contributed by atoms with Crippen LogP contribution in [-0.4, -0.2) is 25.0 Å². The van der Waals surface area contributed by atoms with Crippen LogP contribution in [0, 0.1) is 0 Å². The van der Waals surface area contributed by atoms with Crippen molar-refractivity contribution in [1.82, 2.24) is 10.6 Å². The minimum absolute atomic E-state index is 0.0886. The number of hydrogen-bond acceptors (Lipinski definition) is 4. The molecule has 2 rings (SSSR count). The van der Waals surface area contributed by atoms with Gasteiger partial charge in [-0.25, -0.2) is 4.79 Å². The van der Waals surface area contributed by atoms with Crippen molar-refractivity contribution in [2.24, 2.45) is 0 Å². The first-order valence-electron chi connectivity index (χ1n) is 8.16. The summed E-state index contributed by atoms with van der Waals surface area (Å²) in [6.07, 6.45) is 0.897. The molecule has 1 aliphatic heterocycles. The minimum Gasteiger partial charge on any atom is -0.490 e. The smallest absolute Gasteiger partial charge is 0.319 e. The molecule has 1 atom stereocenters. The largest absolute Gasteiger partial charge is 0.490 e. The van der Waals surface area contributed by atoms with Crippen molar-refractivity contribution in [2.75, 3.05) is 13.2 Å². The Labute approximate surface area is 142 Å². The van der Waals surface area contributed by atoms with E-state index in [2.05, 4.69) is 10.6 Å². The second kappa shape index (κ2) is 7.86. The van der Waals surface area contributed by atoms with E-state index in [0.29, 0.717) is 36.0 Å². The van der Waals surface area contributed by atoms with E-state index in [1.165, 1.54) is 6.92 Å². The SMILES string of the molecule is CCCOc1ccc(C2NC(=O)NC(C)=C2C(C)=O)cc1OCC. The van der Waals surface area contributed by atoms with Gasteiger partial charge in [-0.3, -0.25) is 4.79 Å². The zero-order valence-electron chi connectivity index (χ0n) is 14.6. The maximum atomic E-state index is 12.0. The van der Waals surface area contributed by atoms with E-state index < -0.39 is 6.04 Å². The zero-order chi connectivity index (χ0) is 17.7. The third-order valence-corrected chi connectivity index (χ3v) is 3.71. The zero-order valence-corrected chi connectivity index (χ0v) is 14.6. The van der Waals surface area contributed by atoms with E-state index in [1.54, 1.807) is 6.92 Å². The van der Waals surface area contributed by atoms with Gasteiger partial charge in [0.2, 0.25) is 0 Å². The Morgan fingerprint density at radius 2 is 1.96 bits per heavy atom. The Hall–Kier alpha value is -2.50. The number of nitrogens with one attached hydrogen (secondary N) is 2. The Morgan fingerprint density at radius 1 is 1.21 bits per heavy atom. The van der Waals surface area contributed by atoms with Gasteiger partial charge in [0, 0.05) is 11.3 Å². The number of ether oxygens (including phenoxy) is 2. The summed E-state index contributed by atoms with van der Waals surface area (Å²) in [4.78, 5) is 23.8. The molecule has 24 heavy (non-hydrogen) atoms. The molecule has 1 unspecified atom stereocenters. The monoisotopic (exact) mass is 332 g/mol. The molecule has 6 nitrogen and oxygen atoms in total. The van der Waals surface area contributed by atoms with Gasteiger partial charge in [0.1, 0.15) is 0 Å². The predicted octanol–water partition coefficient (Wildman–Crippen LogP) is 3.09. The molecule has 2 N–H and O–H groups in total. The molecule has 130 valence electrons. The molecule has 0 aromatic heterocycles. The average molecular weight is 332 g/mol.